The number of nitrogens with one attached hydrogen (secondary N) is 1. The number of rotatable bonds is 4. The van der Waals surface area contributed by atoms with Crippen LogP contribution in [0.3, 0.4) is 0 Å². The topological polar surface area (TPSA) is 130 Å². The van der Waals surface area contributed by atoms with Crippen LogP contribution in [-0.4, -0.2) is 39.6 Å². The van der Waals surface area contributed by atoms with Crippen molar-refractivity contribution in [3.63, 3.8) is 0 Å². The van der Waals surface area contributed by atoms with Crippen LogP contribution in [0.15, 0.2) is 42.5 Å². The Morgan fingerprint density at radius 2 is 1.77 bits per heavy atom. The Morgan fingerprint density at radius 3 is 2.42 bits per heavy atom. The Bertz CT molecular complexity index is 942. The van der Waals surface area contributed by atoms with Gasteiger partial charge in [0.1, 0.15) is 5.54 Å². The van der Waals surface area contributed by atoms with Gasteiger partial charge in [0, 0.05) is 17.5 Å². The van der Waals surface area contributed by atoms with E-state index in [9.17, 15) is 24.6 Å². The SMILES string of the molecule is N[C@@]1(C(=O)O)C[C@H](NC(=O)c2ccc3ccccc3c2)[C@H]2[C@H](C(=O)O)[C@H]21. The number of fused-ring (bicyclic) bond motifs is 2. The van der Waals surface area contributed by atoms with Crippen molar-refractivity contribution in [1.29, 1.82) is 0 Å². The van der Waals surface area contributed by atoms with E-state index in [2.05, 4.69) is 5.32 Å². The van der Waals surface area contributed by atoms with Gasteiger partial charge in [-0.1, -0.05) is 30.3 Å². The highest BCUT2D eigenvalue weighted by Gasteiger charge is 2.74. The minimum atomic E-state index is -1.62. The minimum absolute atomic E-state index is 0.0285. The molecule has 2 aliphatic carbocycles. The highest BCUT2D eigenvalue weighted by atomic mass is 16.4. The summed E-state index contributed by atoms with van der Waals surface area (Å²) in [6.07, 6.45) is 0.0285. The molecular formula is C19H18N2O5. The zero-order valence-electron chi connectivity index (χ0n) is 13.8. The van der Waals surface area contributed by atoms with Gasteiger partial charge in [-0.3, -0.25) is 14.4 Å². The molecule has 0 spiro atoms. The van der Waals surface area contributed by atoms with Crippen molar-refractivity contribution in [3.05, 3.63) is 48.0 Å². The quantitative estimate of drug-likeness (QED) is 0.650. The summed E-state index contributed by atoms with van der Waals surface area (Å²) < 4.78 is 0. The third-order valence-corrected chi connectivity index (χ3v) is 5.70. The summed E-state index contributed by atoms with van der Waals surface area (Å²) in [6, 6.07) is 12.3. The Balaban J connectivity index is 1.57. The summed E-state index contributed by atoms with van der Waals surface area (Å²) in [5, 5.41) is 23.4. The predicted molar refractivity (Wildman–Crippen MR) is 92.5 cm³/mol. The largest absolute Gasteiger partial charge is 0.481 e. The van der Waals surface area contributed by atoms with E-state index in [0.717, 1.165) is 10.8 Å². The molecule has 0 saturated heterocycles. The molecule has 7 heteroatoms. The first-order chi connectivity index (χ1) is 12.3. The van der Waals surface area contributed by atoms with Crippen molar-refractivity contribution < 1.29 is 24.6 Å². The summed E-state index contributed by atoms with van der Waals surface area (Å²) in [6.45, 7) is 0. The Labute approximate surface area is 148 Å². The van der Waals surface area contributed by atoms with Gasteiger partial charge < -0.3 is 21.3 Å². The molecule has 4 rings (SSSR count). The third-order valence-electron chi connectivity index (χ3n) is 5.70. The van der Waals surface area contributed by atoms with Gasteiger partial charge in [0.25, 0.3) is 5.91 Å². The van der Waals surface area contributed by atoms with E-state index < -0.39 is 41.3 Å². The molecule has 0 unspecified atom stereocenters. The molecule has 0 radical (unpaired) electrons. The summed E-state index contributed by atoms with van der Waals surface area (Å²) in [7, 11) is 0. The molecule has 5 N–H and O–H groups in total. The number of carboxylic acid groups (broad SMARTS) is 2. The van der Waals surface area contributed by atoms with E-state index in [0.29, 0.717) is 5.56 Å². The smallest absolute Gasteiger partial charge is 0.324 e. The van der Waals surface area contributed by atoms with E-state index in [4.69, 9.17) is 5.73 Å². The van der Waals surface area contributed by atoms with Gasteiger partial charge in [-0.2, -0.15) is 0 Å². The average Bonchev–Trinajstić information content (AvgIpc) is 3.30. The van der Waals surface area contributed by atoms with Crippen LogP contribution in [0.25, 0.3) is 10.8 Å². The van der Waals surface area contributed by atoms with E-state index in [1.165, 1.54) is 0 Å². The van der Waals surface area contributed by atoms with E-state index >= 15 is 0 Å². The number of aliphatic carboxylic acids is 2. The highest BCUT2D eigenvalue weighted by molar-refractivity contribution is 5.99. The van der Waals surface area contributed by atoms with Gasteiger partial charge in [-0.05, 0) is 35.2 Å². The van der Waals surface area contributed by atoms with Gasteiger partial charge in [-0.25, -0.2) is 0 Å². The number of hydrogen-bond donors (Lipinski definition) is 4. The molecule has 2 aromatic carbocycles. The average molecular weight is 354 g/mol. The molecule has 1 amide bonds. The summed E-state index contributed by atoms with van der Waals surface area (Å²) in [4.78, 5) is 35.5. The number of carbonyl (C=O) groups excluding carboxylic acids is 1. The van der Waals surface area contributed by atoms with Crippen molar-refractivity contribution in [2.45, 2.75) is 18.0 Å². The first kappa shape index (κ1) is 16.5. The fraction of sp³-hybridized carbons (Fsp3) is 0.316. The molecule has 7 nitrogen and oxygen atoms in total. The van der Waals surface area contributed by atoms with Crippen molar-refractivity contribution >= 4 is 28.6 Å². The first-order valence-corrected chi connectivity index (χ1v) is 8.37. The maximum absolute atomic E-state index is 12.6. The highest BCUT2D eigenvalue weighted by Crippen LogP contribution is 2.61. The molecule has 0 aromatic heterocycles. The van der Waals surface area contributed by atoms with Crippen LogP contribution in [0.2, 0.25) is 0 Å². The van der Waals surface area contributed by atoms with Gasteiger partial charge in [0.15, 0.2) is 0 Å². The normalized spacial score (nSPS) is 32.0. The van der Waals surface area contributed by atoms with Crippen LogP contribution in [0.1, 0.15) is 16.8 Å². The lowest BCUT2D eigenvalue weighted by Gasteiger charge is -2.25. The second-order valence-electron chi connectivity index (χ2n) is 7.16. The van der Waals surface area contributed by atoms with Crippen LogP contribution >= 0.6 is 0 Å². The monoisotopic (exact) mass is 354 g/mol. The predicted octanol–water partition coefficient (Wildman–Crippen LogP) is 1.07. The molecule has 5 atom stereocenters. The maximum Gasteiger partial charge on any atom is 0.324 e. The number of amides is 1. The second kappa shape index (κ2) is 5.54. The Kier molecular flexibility index (Phi) is 3.52. The summed E-state index contributed by atoms with van der Waals surface area (Å²) in [5.41, 5.74) is 4.81. The minimum Gasteiger partial charge on any atom is -0.481 e. The van der Waals surface area contributed by atoms with Crippen LogP contribution < -0.4 is 11.1 Å². The lowest BCUT2D eigenvalue weighted by atomic mass is 9.90. The number of carbonyl (C=O) groups is 3. The van der Waals surface area contributed by atoms with Gasteiger partial charge in [-0.15, -0.1) is 0 Å². The lowest BCUT2D eigenvalue weighted by molar-refractivity contribution is -0.145. The van der Waals surface area contributed by atoms with E-state index in [1.54, 1.807) is 12.1 Å². The van der Waals surface area contributed by atoms with Crippen LogP contribution in [0, 0.1) is 17.8 Å². The van der Waals surface area contributed by atoms with Crippen molar-refractivity contribution in [2.75, 3.05) is 0 Å². The lowest BCUT2D eigenvalue weighted by Crippen LogP contribution is -2.52. The van der Waals surface area contributed by atoms with Crippen LogP contribution in [0.4, 0.5) is 0 Å². The Morgan fingerprint density at radius 1 is 1.08 bits per heavy atom. The standard InChI is InChI=1S/C19H18N2O5/c20-19(18(25)26)8-12(13-14(15(13)19)17(23)24)21-16(22)11-6-5-9-3-1-2-4-10(9)7-11/h1-7,12-15H,8,20H2,(H,21,22)(H,23,24)(H,25,26)/t12-,13-,14-,15-,19-/m0/s1. The molecule has 2 aliphatic rings. The fourth-order valence-corrected chi connectivity index (χ4v) is 4.41. The molecule has 0 aliphatic heterocycles. The van der Waals surface area contributed by atoms with E-state index in [1.807, 2.05) is 30.3 Å². The molecule has 0 bridgehead atoms. The summed E-state index contributed by atoms with van der Waals surface area (Å²) >= 11 is 0. The van der Waals surface area contributed by atoms with Gasteiger partial charge in [0.05, 0.1) is 5.92 Å². The van der Waals surface area contributed by atoms with Crippen LogP contribution in [0.5, 0.6) is 0 Å². The zero-order valence-corrected chi connectivity index (χ0v) is 13.8. The van der Waals surface area contributed by atoms with Crippen molar-refractivity contribution in [3.8, 4) is 0 Å². The molecule has 2 aromatic rings. The van der Waals surface area contributed by atoms with E-state index in [-0.39, 0.29) is 12.3 Å². The Hall–Kier alpha value is -2.93. The number of carboxylic acids is 2. The van der Waals surface area contributed by atoms with Crippen LogP contribution in [-0.2, 0) is 9.59 Å². The molecule has 2 saturated carbocycles. The number of benzene rings is 2. The molecule has 0 heterocycles. The fourth-order valence-electron chi connectivity index (χ4n) is 4.41. The first-order valence-electron chi connectivity index (χ1n) is 8.37. The number of hydrogen-bond acceptors (Lipinski definition) is 4. The van der Waals surface area contributed by atoms with Crippen molar-refractivity contribution in [2.24, 2.45) is 23.5 Å². The third kappa shape index (κ3) is 2.35. The second-order valence-corrected chi connectivity index (χ2v) is 7.16. The molecule has 2 fully saturated rings. The van der Waals surface area contributed by atoms with Gasteiger partial charge in [0.2, 0.25) is 0 Å². The molecular weight excluding hydrogens is 336 g/mol. The molecule has 26 heavy (non-hydrogen) atoms. The van der Waals surface area contributed by atoms with Gasteiger partial charge >= 0.3 is 11.9 Å². The summed E-state index contributed by atoms with van der Waals surface area (Å²) in [5.74, 6) is -4.58. The molecule has 134 valence electrons. The maximum atomic E-state index is 12.6. The number of nitrogens with two attached hydrogens (primary N) is 1. The van der Waals surface area contributed by atoms with Crippen molar-refractivity contribution in [1.82, 2.24) is 5.32 Å². The zero-order chi connectivity index (χ0) is 18.6.